The smallest absolute Gasteiger partial charge is 0.265 e. The van der Waals surface area contributed by atoms with Gasteiger partial charge in [-0.1, -0.05) is 25.0 Å². The van der Waals surface area contributed by atoms with Gasteiger partial charge in [0.1, 0.15) is 0 Å². The summed E-state index contributed by atoms with van der Waals surface area (Å²) in [5.74, 6) is -0.277. The molecule has 0 aliphatic carbocycles. The van der Waals surface area contributed by atoms with Crippen LogP contribution >= 0.6 is 11.3 Å². The number of sulfonamides is 1. The second kappa shape index (κ2) is 7.90. The van der Waals surface area contributed by atoms with Crippen molar-refractivity contribution in [3.8, 4) is 0 Å². The van der Waals surface area contributed by atoms with Crippen LogP contribution < -0.4 is 5.32 Å². The molecule has 2 heterocycles. The summed E-state index contributed by atoms with van der Waals surface area (Å²) in [5.41, 5.74) is 2.78. The van der Waals surface area contributed by atoms with E-state index in [1.807, 2.05) is 32.0 Å². The number of benzene rings is 1. The summed E-state index contributed by atoms with van der Waals surface area (Å²) in [4.78, 5) is 13.2. The summed E-state index contributed by atoms with van der Waals surface area (Å²) in [5, 5.41) is 4.45. The first-order chi connectivity index (χ1) is 12.4. The van der Waals surface area contributed by atoms with Gasteiger partial charge in [0.2, 0.25) is 10.0 Å². The minimum atomic E-state index is -3.52. The fraction of sp³-hybridized carbons (Fsp3) is 0.421. The van der Waals surface area contributed by atoms with Gasteiger partial charge in [-0.2, -0.15) is 4.31 Å². The molecule has 1 aromatic heterocycles. The first-order valence-electron chi connectivity index (χ1n) is 8.85. The fourth-order valence-electron chi connectivity index (χ4n) is 3.06. The van der Waals surface area contributed by atoms with Gasteiger partial charge < -0.3 is 5.32 Å². The molecular formula is C19H24N2O3S2. The van der Waals surface area contributed by atoms with Gasteiger partial charge in [0.05, 0.1) is 9.77 Å². The molecule has 0 unspecified atom stereocenters. The molecule has 7 heteroatoms. The number of hydrogen-bond acceptors (Lipinski definition) is 4. The van der Waals surface area contributed by atoms with Crippen LogP contribution in [0, 0.1) is 13.8 Å². The fourth-order valence-corrected chi connectivity index (χ4v) is 5.73. The lowest BCUT2D eigenvalue weighted by Crippen LogP contribution is -2.31. The number of carbonyl (C=O) groups excluding carboxylic acids is 1. The molecule has 1 N–H and O–H groups in total. The SMILES string of the molecule is Cc1ccc(C)c(NC(=O)c2cc(S(=O)(=O)N3CCCCCC3)cs2)c1. The number of hydrogen-bond donors (Lipinski definition) is 1. The molecule has 0 radical (unpaired) electrons. The Morgan fingerprint density at radius 3 is 2.46 bits per heavy atom. The van der Waals surface area contributed by atoms with Crippen molar-refractivity contribution in [2.75, 3.05) is 18.4 Å². The quantitative estimate of drug-likeness (QED) is 0.849. The maximum atomic E-state index is 12.8. The van der Waals surface area contributed by atoms with Crippen LogP contribution in [0.15, 0.2) is 34.5 Å². The Hall–Kier alpha value is -1.70. The Bertz CT molecular complexity index is 895. The minimum absolute atomic E-state index is 0.218. The van der Waals surface area contributed by atoms with Gasteiger partial charge in [-0.05, 0) is 49.9 Å². The standard InChI is InChI=1S/C19H24N2O3S2/c1-14-7-8-15(2)17(11-14)20-19(22)18-12-16(13-25-18)26(23,24)21-9-5-3-4-6-10-21/h7-8,11-13H,3-6,9-10H2,1-2H3,(H,20,22). The van der Waals surface area contributed by atoms with Crippen LogP contribution in [0.2, 0.25) is 0 Å². The van der Waals surface area contributed by atoms with E-state index in [-0.39, 0.29) is 10.8 Å². The van der Waals surface area contributed by atoms with Crippen molar-refractivity contribution in [1.29, 1.82) is 0 Å². The van der Waals surface area contributed by atoms with Crippen LogP contribution in [0.1, 0.15) is 46.5 Å². The summed E-state index contributed by atoms with van der Waals surface area (Å²) in [7, 11) is -3.52. The number of aryl methyl sites for hydroxylation is 2. The highest BCUT2D eigenvalue weighted by atomic mass is 32.2. The predicted octanol–water partition coefficient (Wildman–Crippen LogP) is 4.18. The number of rotatable bonds is 4. The first kappa shape index (κ1) is 19.1. The average molecular weight is 393 g/mol. The second-order valence-electron chi connectivity index (χ2n) is 6.74. The van der Waals surface area contributed by atoms with Crippen molar-refractivity contribution in [2.45, 2.75) is 44.4 Å². The van der Waals surface area contributed by atoms with Gasteiger partial charge in [-0.15, -0.1) is 11.3 Å². The molecule has 1 amide bonds. The van der Waals surface area contributed by atoms with E-state index in [2.05, 4.69) is 5.32 Å². The van der Waals surface area contributed by atoms with E-state index >= 15 is 0 Å². The zero-order valence-corrected chi connectivity index (χ0v) is 16.8. The third-order valence-electron chi connectivity index (χ3n) is 4.64. The number of carbonyl (C=O) groups is 1. The molecule has 0 saturated carbocycles. The first-order valence-corrected chi connectivity index (χ1v) is 11.2. The molecule has 140 valence electrons. The van der Waals surface area contributed by atoms with E-state index < -0.39 is 10.0 Å². The lowest BCUT2D eigenvalue weighted by atomic mass is 10.1. The number of nitrogens with one attached hydrogen (secondary N) is 1. The van der Waals surface area contributed by atoms with Gasteiger partial charge >= 0.3 is 0 Å². The Labute approximate surface area is 159 Å². The molecule has 3 rings (SSSR count). The normalized spacial score (nSPS) is 16.2. The molecule has 1 aliphatic heterocycles. The largest absolute Gasteiger partial charge is 0.321 e. The van der Waals surface area contributed by atoms with Gasteiger partial charge in [-0.3, -0.25) is 4.79 Å². The van der Waals surface area contributed by atoms with Crippen LogP contribution in [0.25, 0.3) is 0 Å². The Kier molecular flexibility index (Phi) is 5.79. The van der Waals surface area contributed by atoms with Crippen LogP contribution in [0.4, 0.5) is 5.69 Å². The van der Waals surface area contributed by atoms with E-state index in [0.29, 0.717) is 18.0 Å². The van der Waals surface area contributed by atoms with Gasteiger partial charge in [-0.25, -0.2) is 8.42 Å². The van der Waals surface area contributed by atoms with Crippen molar-refractivity contribution in [1.82, 2.24) is 4.31 Å². The van der Waals surface area contributed by atoms with E-state index in [4.69, 9.17) is 0 Å². The summed E-state index contributed by atoms with van der Waals surface area (Å²) >= 11 is 1.17. The number of thiophene rings is 1. The number of amides is 1. The molecule has 1 saturated heterocycles. The molecule has 26 heavy (non-hydrogen) atoms. The average Bonchev–Trinajstić information content (AvgIpc) is 2.94. The zero-order chi connectivity index (χ0) is 18.7. The van der Waals surface area contributed by atoms with Gasteiger partial charge in [0, 0.05) is 24.2 Å². The van der Waals surface area contributed by atoms with Crippen molar-refractivity contribution in [3.05, 3.63) is 45.6 Å². The summed E-state index contributed by atoms with van der Waals surface area (Å²) < 4.78 is 27.2. The maximum Gasteiger partial charge on any atom is 0.265 e. The molecule has 1 aromatic carbocycles. The van der Waals surface area contributed by atoms with Crippen molar-refractivity contribution >= 4 is 33.0 Å². The van der Waals surface area contributed by atoms with E-state index in [9.17, 15) is 13.2 Å². The van der Waals surface area contributed by atoms with Crippen LogP contribution in [-0.2, 0) is 10.0 Å². The highest BCUT2D eigenvalue weighted by Gasteiger charge is 2.27. The summed E-state index contributed by atoms with van der Waals surface area (Å²) in [6.45, 7) is 5.01. The third-order valence-corrected chi connectivity index (χ3v) is 7.60. The van der Waals surface area contributed by atoms with Crippen molar-refractivity contribution in [3.63, 3.8) is 0 Å². The highest BCUT2D eigenvalue weighted by Crippen LogP contribution is 2.26. The van der Waals surface area contributed by atoms with E-state index in [0.717, 1.165) is 42.5 Å². The summed E-state index contributed by atoms with van der Waals surface area (Å²) in [6, 6.07) is 7.34. The summed E-state index contributed by atoms with van der Waals surface area (Å²) in [6.07, 6.45) is 3.92. The topological polar surface area (TPSA) is 66.5 Å². The number of nitrogens with zero attached hydrogens (tertiary/aromatic N) is 1. The Balaban J connectivity index is 1.78. The Morgan fingerprint density at radius 2 is 1.77 bits per heavy atom. The molecule has 1 aliphatic rings. The molecule has 0 atom stereocenters. The van der Waals surface area contributed by atoms with Gasteiger partial charge in [0.25, 0.3) is 5.91 Å². The lowest BCUT2D eigenvalue weighted by Gasteiger charge is -2.18. The van der Waals surface area contributed by atoms with Crippen LogP contribution in [-0.4, -0.2) is 31.7 Å². The molecule has 2 aromatic rings. The maximum absolute atomic E-state index is 12.8. The highest BCUT2D eigenvalue weighted by molar-refractivity contribution is 7.89. The predicted molar refractivity (Wildman–Crippen MR) is 105 cm³/mol. The molecule has 0 spiro atoms. The van der Waals surface area contributed by atoms with Crippen LogP contribution in [0.5, 0.6) is 0 Å². The monoisotopic (exact) mass is 392 g/mol. The van der Waals surface area contributed by atoms with E-state index in [1.54, 1.807) is 9.69 Å². The second-order valence-corrected chi connectivity index (χ2v) is 9.59. The van der Waals surface area contributed by atoms with E-state index in [1.165, 1.54) is 17.4 Å². The van der Waals surface area contributed by atoms with Gasteiger partial charge in [0.15, 0.2) is 0 Å². The molecule has 0 bridgehead atoms. The number of anilines is 1. The molecule has 5 nitrogen and oxygen atoms in total. The zero-order valence-electron chi connectivity index (χ0n) is 15.1. The third kappa shape index (κ3) is 4.16. The minimum Gasteiger partial charge on any atom is -0.321 e. The molecule has 1 fully saturated rings. The van der Waals surface area contributed by atoms with Crippen molar-refractivity contribution < 1.29 is 13.2 Å². The molecular weight excluding hydrogens is 368 g/mol. The Morgan fingerprint density at radius 1 is 1.08 bits per heavy atom. The lowest BCUT2D eigenvalue weighted by molar-refractivity contribution is 0.103. The van der Waals surface area contributed by atoms with Crippen molar-refractivity contribution in [2.24, 2.45) is 0 Å². The van der Waals surface area contributed by atoms with Crippen LogP contribution in [0.3, 0.4) is 0 Å².